The van der Waals surface area contributed by atoms with Crippen LogP contribution in [0.5, 0.6) is 0 Å². The van der Waals surface area contributed by atoms with E-state index < -0.39 is 0 Å². The Kier molecular flexibility index (Phi) is 4.44. The highest BCUT2D eigenvalue weighted by atomic mass is 15.2. The Bertz CT molecular complexity index is 334. The van der Waals surface area contributed by atoms with Crippen LogP contribution >= 0.6 is 0 Å². The number of rotatable bonds is 5. The second-order valence-electron chi connectivity index (χ2n) is 4.85. The summed E-state index contributed by atoms with van der Waals surface area (Å²) >= 11 is 0. The Morgan fingerprint density at radius 1 is 1.31 bits per heavy atom. The zero-order chi connectivity index (χ0) is 12.2. The molecule has 2 N–H and O–H groups in total. The number of hydrogen-bond acceptors (Lipinski definition) is 3. The van der Waals surface area contributed by atoms with Gasteiger partial charge in [0.1, 0.15) is 0 Å². The Hall–Kier alpha value is -0.930. The summed E-state index contributed by atoms with van der Waals surface area (Å²) in [4.78, 5) is 6.84. The lowest BCUT2D eigenvalue weighted by Gasteiger charge is -2.34. The van der Waals surface area contributed by atoms with Gasteiger partial charge >= 0.3 is 0 Å². The van der Waals surface area contributed by atoms with Crippen molar-refractivity contribution in [3.8, 4) is 0 Å². The van der Waals surface area contributed by atoms with Crippen molar-refractivity contribution >= 4 is 0 Å². The first-order valence-electron chi connectivity index (χ1n) is 5.85. The predicted molar refractivity (Wildman–Crippen MR) is 68.0 cm³/mol. The Balaban J connectivity index is 2.72. The molecule has 0 spiro atoms. The molecule has 0 saturated carbocycles. The zero-order valence-corrected chi connectivity index (χ0v) is 10.8. The summed E-state index contributed by atoms with van der Waals surface area (Å²) in [5.74, 6) is 0. The molecule has 0 aliphatic heterocycles. The van der Waals surface area contributed by atoms with E-state index in [1.165, 1.54) is 0 Å². The van der Waals surface area contributed by atoms with Crippen LogP contribution in [0.2, 0.25) is 0 Å². The molecule has 0 aliphatic carbocycles. The lowest BCUT2D eigenvalue weighted by atomic mass is 10.00. The molecule has 1 heterocycles. The predicted octanol–water partition coefficient (Wildman–Crippen LogP) is 2.16. The van der Waals surface area contributed by atoms with Crippen LogP contribution in [0.25, 0.3) is 0 Å². The molecule has 1 aromatic heterocycles. The number of nitrogens with zero attached hydrogens (tertiary/aromatic N) is 2. The lowest BCUT2D eigenvalue weighted by molar-refractivity contribution is 0.141. The average Bonchev–Trinajstić information content (AvgIpc) is 2.29. The number of pyridine rings is 1. The van der Waals surface area contributed by atoms with E-state index in [2.05, 4.69) is 43.8 Å². The summed E-state index contributed by atoms with van der Waals surface area (Å²) < 4.78 is 0. The fraction of sp³-hybridized carbons (Fsp3) is 0.615. The molecule has 3 heteroatoms. The van der Waals surface area contributed by atoms with Crippen molar-refractivity contribution in [2.24, 2.45) is 5.73 Å². The van der Waals surface area contributed by atoms with Crippen molar-refractivity contribution in [3.63, 3.8) is 0 Å². The molecule has 3 nitrogen and oxygen atoms in total. The van der Waals surface area contributed by atoms with Crippen LogP contribution < -0.4 is 5.73 Å². The van der Waals surface area contributed by atoms with Crippen LogP contribution in [0.3, 0.4) is 0 Å². The smallest absolute Gasteiger partial charge is 0.0547 e. The fourth-order valence-electron chi connectivity index (χ4n) is 1.46. The van der Waals surface area contributed by atoms with Gasteiger partial charge in [0.2, 0.25) is 0 Å². The Labute approximate surface area is 98.7 Å². The van der Waals surface area contributed by atoms with Crippen molar-refractivity contribution in [1.29, 1.82) is 0 Å². The summed E-state index contributed by atoms with van der Waals surface area (Å²) in [6, 6.07) is 6.05. The van der Waals surface area contributed by atoms with Crippen molar-refractivity contribution in [2.45, 2.75) is 45.8 Å². The highest BCUT2D eigenvalue weighted by Crippen LogP contribution is 2.18. The van der Waals surface area contributed by atoms with Gasteiger partial charge in [0.15, 0.2) is 0 Å². The van der Waals surface area contributed by atoms with Gasteiger partial charge in [0, 0.05) is 18.6 Å². The molecule has 0 atom stereocenters. The van der Waals surface area contributed by atoms with Gasteiger partial charge in [-0.05, 0) is 39.4 Å². The third-order valence-electron chi connectivity index (χ3n) is 3.37. The summed E-state index contributed by atoms with van der Waals surface area (Å²) in [6.07, 6.45) is 1.13. The molecule has 90 valence electrons. The van der Waals surface area contributed by atoms with E-state index in [4.69, 9.17) is 5.73 Å². The Morgan fingerprint density at radius 3 is 2.50 bits per heavy atom. The van der Waals surface area contributed by atoms with Crippen molar-refractivity contribution in [3.05, 3.63) is 29.6 Å². The molecule has 1 rings (SSSR count). The minimum Gasteiger partial charge on any atom is -0.325 e. The summed E-state index contributed by atoms with van der Waals surface area (Å²) in [7, 11) is 2.14. The number of hydrogen-bond donors (Lipinski definition) is 1. The second kappa shape index (κ2) is 5.41. The van der Waals surface area contributed by atoms with E-state index in [0.29, 0.717) is 6.54 Å². The van der Waals surface area contributed by atoms with E-state index in [-0.39, 0.29) is 5.54 Å². The highest BCUT2D eigenvalue weighted by molar-refractivity contribution is 5.11. The Morgan fingerprint density at radius 2 is 1.94 bits per heavy atom. The van der Waals surface area contributed by atoms with Gasteiger partial charge in [-0.15, -0.1) is 0 Å². The summed E-state index contributed by atoms with van der Waals surface area (Å²) in [6.45, 7) is 8.09. The quantitative estimate of drug-likeness (QED) is 0.828. The number of nitrogens with two attached hydrogens (primary N) is 1. The van der Waals surface area contributed by atoms with Gasteiger partial charge in [-0.25, -0.2) is 0 Å². The third kappa shape index (κ3) is 3.29. The first-order valence-corrected chi connectivity index (χ1v) is 5.85. The third-order valence-corrected chi connectivity index (χ3v) is 3.37. The molecule has 0 bridgehead atoms. The van der Waals surface area contributed by atoms with Crippen molar-refractivity contribution in [1.82, 2.24) is 9.88 Å². The van der Waals surface area contributed by atoms with Crippen LogP contribution in [-0.2, 0) is 13.1 Å². The van der Waals surface area contributed by atoms with Gasteiger partial charge in [-0.3, -0.25) is 9.88 Å². The zero-order valence-electron chi connectivity index (χ0n) is 10.8. The average molecular weight is 221 g/mol. The molecular formula is C13H23N3. The molecule has 16 heavy (non-hydrogen) atoms. The SMILES string of the molecule is CCC(C)(C)N(C)Cc1cccc(CN)n1. The van der Waals surface area contributed by atoms with Crippen molar-refractivity contribution < 1.29 is 0 Å². The van der Waals surface area contributed by atoms with Crippen LogP contribution in [0, 0.1) is 0 Å². The fourth-order valence-corrected chi connectivity index (χ4v) is 1.46. The maximum atomic E-state index is 5.59. The van der Waals surface area contributed by atoms with Crippen molar-refractivity contribution in [2.75, 3.05) is 7.05 Å². The second-order valence-corrected chi connectivity index (χ2v) is 4.85. The van der Waals surface area contributed by atoms with Crippen LogP contribution in [0.1, 0.15) is 38.6 Å². The van der Waals surface area contributed by atoms with Gasteiger partial charge in [-0.1, -0.05) is 13.0 Å². The van der Waals surface area contributed by atoms with Crippen LogP contribution in [-0.4, -0.2) is 22.5 Å². The molecular weight excluding hydrogens is 198 g/mol. The summed E-state index contributed by atoms with van der Waals surface area (Å²) in [5.41, 5.74) is 7.84. The van der Waals surface area contributed by atoms with E-state index in [0.717, 1.165) is 24.4 Å². The number of aromatic nitrogens is 1. The van der Waals surface area contributed by atoms with Gasteiger partial charge in [-0.2, -0.15) is 0 Å². The minimum absolute atomic E-state index is 0.209. The van der Waals surface area contributed by atoms with E-state index >= 15 is 0 Å². The van der Waals surface area contributed by atoms with Gasteiger partial charge in [0.25, 0.3) is 0 Å². The molecule has 0 amide bonds. The van der Waals surface area contributed by atoms with E-state index in [1.807, 2.05) is 12.1 Å². The maximum absolute atomic E-state index is 5.59. The normalized spacial score (nSPS) is 12.1. The molecule has 0 aliphatic rings. The summed E-state index contributed by atoms with van der Waals surface area (Å²) in [5, 5.41) is 0. The van der Waals surface area contributed by atoms with E-state index in [9.17, 15) is 0 Å². The molecule has 1 aromatic rings. The molecule has 0 unspecified atom stereocenters. The topological polar surface area (TPSA) is 42.1 Å². The monoisotopic (exact) mass is 221 g/mol. The maximum Gasteiger partial charge on any atom is 0.0547 e. The van der Waals surface area contributed by atoms with Gasteiger partial charge in [0.05, 0.1) is 11.4 Å². The largest absolute Gasteiger partial charge is 0.325 e. The molecule has 0 aromatic carbocycles. The van der Waals surface area contributed by atoms with Crippen LogP contribution in [0.4, 0.5) is 0 Å². The van der Waals surface area contributed by atoms with E-state index in [1.54, 1.807) is 0 Å². The first-order chi connectivity index (χ1) is 7.49. The highest BCUT2D eigenvalue weighted by Gasteiger charge is 2.21. The molecule has 0 fully saturated rings. The standard InChI is InChI=1S/C13H23N3/c1-5-13(2,3)16(4)10-12-8-6-7-11(9-14)15-12/h6-8H,5,9-10,14H2,1-4H3. The lowest BCUT2D eigenvalue weighted by Crippen LogP contribution is -2.40. The molecule has 0 radical (unpaired) electrons. The molecule has 0 saturated heterocycles. The van der Waals surface area contributed by atoms with Crippen LogP contribution in [0.15, 0.2) is 18.2 Å². The minimum atomic E-state index is 0.209. The van der Waals surface area contributed by atoms with Gasteiger partial charge < -0.3 is 5.73 Å². The first kappa shape index (κ1) is 13.1.